The van der Waals surface area contributed by atoms with Gasteiger partial charge in [0.1, 0.15) is 0 Å². The van der Waals surface area contributed by atoms with Gasteiger partial charge in [0.25, 0.3) is 0 Å². The van der Waals surface area contributed by atoms with Crippen LogP contribution in [0.25, 0.3) is 22.3 Å². The first-order valence-corrected chi connectivity index (χ1v) is 8.48. The van der Waals surface area contributed by atoms with Crippen molar-refractivity contribution in [2.75, 3.05) is 0 Å². The lowest BCUT2D eigenvalue weighted by Crippen LogP contribution is -2.09. The number of hydrogen-bond acceptors (Lipinski definition) is 0. The standard InChI is InChI=1S/C18H17P3/c19-16-8-5-13(6-9-16)12-1-3-14(4-2-12)15-7-10-17(20)18(21)11-15/h1-11H,19-21H2. The lowest BCUT2D eigenvalue weighted by atomic mass is 10.0. The Balaban J connectivity index is 1.93. The highest BCUT2D eigenvalue weighted by Crippen LogP contribution is 2.24. The van der Waals surface area contributed by atoms with E-state index in [4.69, 9.17) is 0 Å². The van der Waals surface area contributed by atoms with Gasteiger partial charge in [-0.15, -0.1) is 27.7 Å². The van der Waals surface area contributed by atoms with E-state index in [1.165, 1.54) is 38.2 Å². The predicted molar refractivity (Wildman–Crippen MR) is 105 cm³/mol. The smallest absolute Gasteiger partial charge is 0.0177 e. The van der Waals surface area contributed by atoms with E-state index in [1.54, 1.807) is 0 Å². The minimum absolute atomic E-state index is 1.21. The molecule has 0 bridgehead atoms. The first-order valence-electron chi connectivity index (χ1n) is 6.75. The van der Waals surface area contributed by atoms with Gasteiger partial charge in [0.2, 0.25) is 0 Å². The molecule has 0 spiro atoms. The van der Waals surface area contributed by atoms with Crippen LogP contribution < -0.4 is 15.9 Å². The fraction of sp³-hybridized carbons (Fsp3) is 0. The van der Waals surface area contributed by atoms with Crippen molar-refractivity contribution in [2.24, 2.45) is 0 Å². The van der Waals surface area contributed by atoms with E-state index in [0.29, 0.717) is 0 Å². The summed E-state index contributed by atoms with van der Waals surface area (Å²) < 4.78 is 0. The molecule has 21 heavy (non-hydrogen) atoms. The van der Waals surface area contributed by atoms with Crippen molar-refractivity contribution in [1.82, 2.24) is 0 Å². The first kappa shape index (κ1) is 14.9. The second-order valence-electron chi connectivity index (χ2n) is 5.04. The monoisotopic (exact) mass is 326 g/mol. The van der Waals surface area contributed by atoms with Gasteiger partial charge in [0, 0.05) is 0 Å². The van der Waals surface area contributed by atoms with Crippen molar-refractivity contribution >= 4 is 43.6 Å². The number of hydrogen-bond donors (Lipinski definition) is 0. The molecule has 0 nitrogen and oxygen atoms in total. The average Bonchev–Trinajstić information content (AvgIpc) is 2.51. The van der Waals surface area contributed by atoms with E-state index >= 15 is 0 Å². The summed E-state index contributed by atoms with van der Waals surface area (Å²) in [5.74, 6) is 0. The van der Waals surface area contributed by atoms with Crippen molar-refractivity contribution in [3.63, 3.8) is 0 Å². The summed E-state index contributed by atoms with van der Waals surface area (Å²) >= 11 is 0. The summed E-state index contributed by atoms with van der Waals surface area (Å²) in [6.07, 6.45) is 0. The molecule has 0 aliphatic heterocycles. The summed E-state index contributed by atoms with van der Waals surface area (Å²) in [7, 11) is 8.25. The molecule has 0 aromatic heterocycles. The molecule has 0 saturated carbocycles. The van der Waals surface area contributed by atoms with Crippen LogP contribution in [-0.2, 0) is 0 Å². The molecule has 3 aromatic carbocycles. The summed E-state index contributed by atoms with van der Waals surface area (Å²) in [5.41, 5.74) is 4.99. The third-order valence-corrected chi connectivity index (χ3v) is 5.29. The molecule has 0 saturated heterocycles. The Morgan fingerprint density at radius 1 is 0.429 bits per heavy atom. The van der Waals surface area contributed by atoms with Gasteiger partial charge in [-0.3, -0.25) is 0 Å². The fourth-order valence-electron chi connectivity index (χ4n) is 2.29. The zero-order chi connectivity index (χ0) is 14.8. The minimum atomic E-state index is 1.21. The fourth-order valence-corrected chi connectivity index (χ4v) is 2.93. The average molecular weight is 326 g/mol. The molecule has 0 amide bonds. The molecule has 0 heterocycles. The highest BCUT2D eigenvalue weighted by Gasteiger charge is 2.02. The Morgan fingerprint density at radius 2 is 0.857 bits per heavy atom. The summed E-state index contributed by atoms with van der Waals surface area (Å²) in [6, 6.07) is 23.8. The van der Waals surface area contributed by atoms with Crippen molar-refractivity contribution in [3.8, 4) is 22.3 Å². The maximum Gasteiger partial charge on any atom is -0.0177 e. The van der Waals surface area contributed by atoms with Crippen LogP contribution in [-0.4, -0.2) is 0 Å². The number of benzene rings is 3. The largest absolute Gasteiger partial charge is 0.106 e. The first-order chi connectivity index (χ1) is 10.1. The third-order valence-electron chi connectivity index (χ3n) is 3.55. The highest BCUT2D eigenvalue weighted by atomic mass is 31.0. The molecule has 0 radical (unpaired) electrons. The molecular formula is C18H17P3. The molecule has 3 atom stereocenters. The van der Waals surface area contributed by atoms with Gasteiger partial charge in [-0.25, -0.2) is 0 Å². The van der Waals surface area contributed by atoms with E-state index in [1.807, 2.05) is 0 Å². The molecule has 104 valence electrons. The van der Waals surface area contributed by atoms with Crippen molar-refractivity contribution < 1.29 is 0 Å². The molecule has 3 heteroatoms. The summed E-state index contributed by atoms with van der Waals surface area (Å²) in [4.78, 5) is 0. The second kappa shape index (κ2) is 6.37. The van der Waals surface area contributed by atoms with Crippen LogP contribution in [0.2, 0.25) is 0 Å². The molecule has 3 rings (SSSR count). The van der Waals surface area contributed by atoms with Gasteiger partial charge in [0.15, 0.2) is 0 Å². The normalized spacial score (nSPS) is 10.6. The van der Waals surface area contributed by atoms with E-state index in [-0.39, 0.29) is 0 Å². The van der Waals surface area contributed by atoms with E-state index in [0.717, 1.165) is 0 Å². The molecular weight excluding hydrogens is 309 g/mol. The molecule has 3 unspecified atom stereocenters. The maximum absolute atomic E-state index is 2.78. The minimum Gasteiger partial charge on any atom is -0.106 e. The van der Waals surface area contributed by atoms with Gasteiger partial charge in [-0.05, 0) is 44.2 Å². The Bertz CT molecular complexity index is 759. The number of rotatable bonds is 2. The SMILES string of the molecule is Pc1ccc(-c2ccc(-c3ccc(P)c(P)c3)cc2)cc1. The van der Waals surface area contributed by atoms with Crippen LogP contribution in [0.15, 0.2) is 66.7 Å². The third kappa shape index (κ3) is 3.41. The lowest BCUT2D eigenvalue weighted by Gasteiger charge is -2.07. The van der Waals surface area contributed by atoms with Gasteiger partial charge < -0.3 is 0 Å². The van der Waals surface area contributed by atoms with Gasteiger partial charge in [-0.1, -0.05) is 60.7 Å². The van der Waals surface area contributed by atoms with Gasteiger partial charge in [0.05, 0.1) is 0 Å². The maximum atomic E-state index is 2.78. The van der Waals surface area contributed by atoms with Crippen LogP contribution in [0.3, 0.4) is 0 Å². The Labute approximate surface area is 133 Å². The van der Waals surface area contributed by atoms with Gasteiger partial charge in [-0.2, -0.15) is 0 Å². The van der Waals surface area contributed by atoms with Crippen LogP contribution in [0.4, 0.5) is 0 Å². The van der Waals surface area contributed by atoms with Crippen molar-refractivity contribution in [3.05, 3.63) is 66.7 Å². The van der Waals surface area contributed by atoms with Gasteiger partial charge >= 0.3 is 0 Å². The Hall–Kier alpha value is -1.05. The molecule has 0 aliphatic rings. The van der Waals surface area contributed by atoms with E-state index in [9.17, 15) is 0 Å². The van der Waals surface area contributed by atoms with Crippen LogP contribution in [0.1, 0.15) is 0 Å². The highest BCUT2D eigenvalue weighted by molar-refractivity contribution is 7.35. The quantitative estimate of drug-likeness (QED) is 0.632. The molecule has 0 fully saturated rings. The Morgan fingerprint density at radius 3 is 1.38 bits per heavy atom. The van der Waals surface area contributed by atoms with Crippen molar-refractivity contribution in [1.29, 1.82) is 0 Å². The van der Waals surface area contributed by atoms with Crippen LogP contribution in [0.5, 0.6) is 0 Å². The summed E-state index contributed by atoms with van der Waals surface area (Å²) in [6.45, 7) is 0. The van der Waals surface area contributed by atoms with E-state index < -0.39 is 0 Å². The zero-order valence-electron chi connectivity index (χ0n) is 11.6. The molecule has 0 aliphatic carbocycles. The molecule has 0 N–H and O–H groups in total. The van der Waals surface area contributed by atoms with Crippen molar-refractivity contribution in [2.45, 2.75) is 0 Å². The summed E-state index contributed by atoms with van der Waals surface area (Å²) in [5, 5.41) is 3.65. The Kier molecular flexibility index (Phi) is 4.51. The second-order valence-corrected chi connectivity index (χ2v) is 6.95. The zero-order valence-corrected chi connectivity index (χ0v) is 15.0. The topological polar surface area (TPSA) is 0 Å². The van der Waals surface area contributed by atoms with E-state index in [2.05, 4.69) is 94.4 Å². The molecule has 3 aromatic rings. The predicted octanol–water partition coefficient (Wildman–Crippen LogP) is 3.52. The van der Waals surface area contributed by atoms with Crippen LogP contribution >= 0.6 is 27.7 Å². The van der Waals surface area contributed by atoms with Crippen LogP contribution in [0, 0.1) is 0 Å². The lowest BCUT2D eigenvalue weighted by molar-refractivity contribution is 1.61.